The third-order valence-electron chi connectivity index (χ3n) is 2.08. The number of ether oxygens (including phenoxy) is 1. The van der Waals surface area contributed by atoms with E-state index in [4.69, 9.17) is 4.74 Å². The van der Waals surface area contributed by atoms with Gasteiger partial charge in [-0.2, -0.15) is 0 Å². The van der Waals surface area contributed by atoms with Crippen molar-refractivity contribution in [2.24, 2.45) is 0 Å². The van der Waals surface area contributed by atoms with Gasteiger partial charge in [-0.1, -0.05) is 30.3 Å². The average molecular weight is 329 g/mol. The first-order valence-corrected chi connectivity index (χ1v) is 6.09. The number of nitrogens with zero attached hydrogens (tertiary/aromatic N) is 3. The van der Waals surface area contributed by atoms with Crippen molar-refractivity contribution >= 4 is 22.6 Å². The smallest absolute Gasteiger partial charge is 0.211 e. The largest absolute Gasteiger partial charge is 0.375 e. The van der Waals surface area contributed by atoms with Gasteiger partial charge in [0, 0.05) is 22.6 Å². The van der Waals surface area contributed by atoms with E-state index in [0.717, 1.165) is 10.4 Å². The minimum atomic E-state index is 0.645. The minimum Gasteiger partial charge on any atom is -0.375 e. The van der Waals surface area contributed by atoms with Crippen molar-refractivity contribution < 1.29 is 4.74 Å². The Morgan fingerprint density at radius 3 is 2.75 bits per heavy atom. The molecular formula is C11H12IN3O. The quantitative estimate of drug-likeness (QED) is 0.623. The Bertz CT molecular complexity index is 430. The fourth-order valence-corrected chi connectivity index (χ4v) is 1.70. The molecule has 5 heteroatoms. The zero-order valence-electron chi connectivity index (χ0n) is 8.71. The Morgan fingerprint density at radius 1 is 1.25 bits per heavy atom. The second-order valence-electron chi connectivity index (χ2n) is 3.31. The molecule has 0 unspecified atom stereocenters. The van der Waals surface area contributed by atoms with Crippen molar-refractivity contribution in [3.05, 3.63) is 46.1 Å². The van der Waals surface area contributed by atoms with Crippen molar-refractivity contribution in [2.45, 2.75) is 13.2 Å². The first-order valence-electron chi connectivity index (χ1n) is 5.01. The fraction of sp³-hybridized carbons (Fsp3) is 0.273. The van der Waals surface area contributed by atoms with Crippen LogP contribution in [0.3, 0.4) is 0 Å². The zero-order valence-corrected chi connectivity index (χ0v) is 10.9. The maximum Gasteiger partial charge on any atom is 0.211 e. The summed E-state index contributed by atoms with van der Waals surface area (Å²) >= 11 is 2.09. The van der Waals surface area contributed by atoms with E-state index in [1.54, 1.807) is 11.0 Å². The van der Waals surface area contributed by atoms with E-state index >= 15 is 0 Å². The molecule has 84 valence electrons. The van der Waals surface area contributed by atoms with Crippen LogP contribution in [0.5, 0.6) is 0 Å². The minimum absolute atomic E-state index is 0.645. The van der Waals surface area contributed by atoms with Crippen LogP contribution in [0.25, 0.3) is 0 Å². The molecule has 1 aromatic carbocycles. The Labute approximate surface area is 108 Å². The molecular weight excluding hydrogens is 317 g/mol. The monoisotopic (exact) mass is 329 g/mol. The molecule has 1 heterocycles. The van der Waals surface area contributed by atoms with Crippen molar-refractivity contribution in [1.29, 1.82) is 0 Å². The summed E-state index contributed by atoms with van der Waals surface area (Å²) in [6.45, 7) is 2.03. The van der Waals surface area contributed by atoms with E-state index in [9.17, 15) is 0 Å². The van der Waals surface area contributed by atoms with Gasteiger partial charge < -0.3 is 4.74 Å². The molecule has 2 rings (SSSR count). The molecule has 16 heavy (non-hydrogen) atoms. The molecule has 0 radical (unpaired) electrons. The topological polar surface area (TPSA) is 39.9 Å². The molecule has 0 aliphatic heterocycles. The molecule has 2 aromatic rings. The fourth-order valence-electron chi connectivity index (χ4n) is 1.30. The predicted molar refractivity (Wildman–Crippen MR) is 68.8 cm³/mol. The predicted octanol–water partition coefficient (Wildman–Crippen LogP) is 2.10. The van der Waals surface area contributed by atoms with Crippen LogP contribution in [0, 0.1) is 3.83 Å². The Hall–Kier alpha value is -0.950. The van der Waals surface area contributed by atoms with Gasteiger partial charge in [-0.3, -0.25) is 0 Å². The van der Waals surface area contributed by atoms with E-state index in [0.29, 0.717) is 13.2 Å². The second kappa shape index (κ2) is 5.95. The first kappa shape index (κ1) is 11.5. The standard InChI is InChI=1S/C11H12IN3O/c12-11-13-9-15(14-11)6-7-16-8-10-4-2-1-3-5-10/h1-5,9H,6-8H2. The van der Waals surface area contributed by atoms with Crippen LogP contribution in [0.1, 0.15) is 5.56 Å². The lowest BCUT2D eigenvalue weighted by molar-refractivity contribution is 0.110. The Morgan fingerprint density at radius 2 is 2.06 bits per heavy atom. The molecule has 0 spiro atoms. The highest BCUT2D eigenvalue weighted by Crippen LogP contribution is 2.00. The van der Waals surface area contributed by atoms with Crippen LogP contribution >= 0.6 is 22.6 Å². The molecule has 1 aromatic heterocycles. The summed E-state index contributed by atoms with van der Waals surface area (Å²) in [4.78, 5) is 4.04. The number of hydrogen-bond acceptors (Lipinski definition) is 3. The van der Waals surface area contributed by atoms with Crippen molar-refractivity contribution in [2.75, 3.05) is 6.61 Å². The second-order valence-corrected chi connectivity index (χ2v) is 4.28. The molecule has 0 aliphatic rings. The highest BCUT2D eigenvalue weighted by molar-refractivity contribution is 14.1. The highest BCUT2D eigenvalue weighted by Gasteiger charge is 1.96. The summed E-state index contributed by atoms with van der Waals surface area (Å²) < 4.78 is 8.09. The summed E-state index contributed by atoms with van der Waals surface area (Å²) in [5, 5.41) is 4.17. The Kier molecular flexibility index (Phi) is 4.29. The lowest BCUT2D eigenvalue weighted by Gasteiger charge is -2.03. The van der Waals surface area contributed by atoms with Gasteiger partial charge in [0.25, 0.3) is 0 Å². The summed E-state index contributed by atoms with van der Waals surface area (Å²) in [5.41, 5.74) is 1.19. The van der Waals surface area contributed by atoms with E-state index in [1.165, 1.54) is 5.56 Å². The van der Waals surface area contributed by atoms with Crippen molar-refractivity contribution in [1.82, 2.24) is 14.8 Å². The highest BCUT2D eigenvalue weighted by atomic mass is 127. The van der Waals surface area contributed by atoms with Crippen molar-refractivity contribution in [3.63, 3.8) is 0 Å². The lowest BCUT2D eigenvalue weighted by Crippen LogP contribution is -2.06. The van der Waals surface area contributed by atoms with Gasteiger partial charge in [0.1, 0.15) is 6.33 Å². The number of benzene rings is 1. The lowest BCUT2D eigenvalue weighted by atomic mass is 10.2. The maximum absolute atomic E-state index is 5.54. The van der Waals surface area contributed by atoms with Gasteiger partial charge in [-0.25, -0.2) is 9.67 Å². The van der Waals surface area contributed by atoms with Crippen LogP contribution in [0.15, 0.2) is 36.7 Å². The molecule has 0 N–H and O–H groups in total. The SMILES string of the molecule is Ic1ncn(CCOCc2ccccc2)n1. The van der Waals surface area contributed by atoms with Crippen LogP contribution in [-0.2, 0) is 17.9 Å². The van der Waals surface area contributed by atoms with Crippen LogP contribution in [0.2, 0.25) is 0 Å². The van der Waals surface area contributed by atoms with Gasteiger partial charge in [-0.05, 0) is 5.56 Å². The average Bonchev–Trinajstić information content (AvgIpc) is 2.72. The normalized spacial score (nSPS) is 10.6. The summed E-state index contributed by atoms with van der Waals surface area (Å²) in [6.07, 6.45) is 1.72. The molecule has 0 bridgehead atoms. The van der Waals surface area contributed by atoms with Crippen LogP contribution in [0.4, 0.5) is 0 Å². The summed E-state index contributed by atoms with van der Waals surface area (Å²) in [5.74, 6) is 0. The molecule has 0 fully saturated rings. The number of rotatable bonds is 5. The van der Waals surface area contributed by atoms with E-state index < -0.39 is 0 Å². The molecule has 0 aliphatic carbocycles. The summed E-state index contributed by atoms with van der Waals surface area (Å²) in [7, 11) is 0. The van der Waals surface area contributed by atoms with E-state index in [-0.39, 0.29) is 0 Å². The maximum atomic E-state index is 5.54. The van der Waals surface area contributed by atoms with Gasteiger partial charge in [0.2, 0.25) is 3.83 Å². The number of halogens is 1. The van der Waals surface area contributed by atoms with Gasteiger partial charge in [-0.15, -0.1) is 5.10 Å². The van der Waals surface area contributed by atoms with E-state index in [1.807, 2.05) is 18.2 Å². The van der Waals surface area contributed by atoms with Crippen molar-refractivity contribution in [3.8, 4) is 0 Å². The van der Waals surface area contributed by atoms with E-state index in [2.05, 4.69) is 44.8 Å². The third kappa shape index (κ3) is 3.57. The molecule has 0 atom stereocenters. The molecule has 4 nitrogen and oxygen atoms in total. The third-order valence-corrected chi connectivity index (χ3v) is 2.58. The molecule has 0 saturated heterocycles. The molecule has 0 amide bonds. The summed E-state index contributed by atoms with van der Waals surface area (Å²) in [6, 6.07) is 10.1. The van der Waals surface area contributed by atoms with Gasteiger partial charge in [0.05, 0.1) is 19.8 Å². The van der Waals surface area contributed by atoms with Crippen LogP contribution < -0.4 is 0 Å². The number of hydrogen-bond donors (Lipinski definition) is 0. The molecule has 0 saturated carbocycles. The number of aromatic nitrogens is 3. The Balaban J connectivity index is 1.69. The van der Waals surface area contributed by atoms with Crippen LogP contribution in [-0.4, -0.2) is 21.4 Å². The van der Waals surface area contributed by atoms with Gasteiger partial charge >= 0.3 is 0 Å². The zero-order chi connectivity index (χ0) is 11.2. The first-order chi connectivity index (χ1) is 7.84. The van der Waals surface area contributed by atoms with Gasteiger partial charge in [0.15, 0.2) is 0 Å².